The molecule has 3 aromatic rings. The Morgan fingerprint density at radius 3 is 2.62 bits per heavy atom. The molecule has 0 spiro atoms. The lowest BCUT2D eigenvalue weighted by molar-refractivity contribution is -0.122. The largest absolute Gasteiger partial charge is 0.493 e. The van der Waals surface area contributed by atoms with Crippen molar-refractivity contribution in [3.05, 3.63) is 88.7 Å². The Bertz CT molecular complexity index is 917. The van der Waals surface area contributed by atoms with Crippen LogP contribution < -0.4 is 14.8 Å². The molecule has 0 aliphatic carbocycles. The summed E-state index contributed by atoms with van der Waals surface area (Å²) in [4.78, 5) is 16.3. The van der Waals surface area contributed by atoms with Crippen molar-refractivity contribution in [2.24, 2.45) is 0 Å². The predicted molar refractivity (Wildman–Crippen MR) is 116 cm³/mol. The molecule has 1 unspecified atom stereocenters. The highest BCUT2D eigenvalue weighted by Gasteiger charge is 2.10. The molecule has 0 saturated heterocycles. The average molecular weight is 455 g/mol. The maximum Gasteiger partial charge on any atom is 0.223 e. The molecule has 1 amide bonds. The first-order valence-corrected chi connectivity index (χ1v) is 10.2. The molecular formula is C23H23BrN2O3. The highest BCUT2D eigenvalue weighted by atomic mass is 79.9. The number of nitrogens with one attached hydrogen (secondary N) is 1. The second-order valence-corrected chi connectivity index (χ2v) is 7.48. The number of hydrogen-bond acceptors (Lipinski definition) is 4. The van der Waals surface area contributed by atoms with Gasteiger partial charge in [-0.25, -0.2) is 0 Å². The third-order valence-corrected chi connectivity index (χ3v) is 4.77. The van der Waals surface area contributed by atoms with Crippen LogP contribution in [0.5, 0.6) is 11.5 Å². The third-order valence-electron chi connectivity index (χ3n) is 4.28. The second-order valence-electron chi connectivity index (χ2n) is 6.56. The minimum atomic E-state index is -0.0965. The topological polar surface area (TPSA) is 60.5 Å². The van der Waals surface area contributed by atoms with Crippen LogP contribution in [0.1, 0.15) is 30.5 Å². The van der Waals surface area contributed by atoms with Gasteiger partial charge in [0.05, 0.1) is 19.1 Å². The summed E-state index contributed by atoms with van der Waals surface area (Å²) in [6.07, 6.45) is 3.82. The van der Waals surface area contributed by atoms with Crippen molar-refractivity contribution >= 4 is 21.8 Å². The van der Waals surface area contributed by atoms with E-state index in [0.717, 1.165) is 27.1 Å². The lowest BCUT2D eigenvalue weighted by Gasteiger charge is -2.15. The van der Waals surface area contributed by atoms with Crippen LogP contribution in [0, 0.1) is 0 Å². The van der Waals surface area contributed by atoms with Crippen LogP contribution in [-0.2, 0) is 11.4 Å². The molecule has 0 bridgehead atoms. The molecule has 0 fully saturated rings. The average Bonchev–Trinajstić information content (AvgIpc) is 2.73. The van der Waals surface area contributed by atoms with Crippen molar-refractivity contribution < 1.29 is 14.3 Å². The number of pyridine rings is 1. The van der Waals surface area contributed by atoms with Gasteiger partial charge in [-0.2, -0.15) is 0 Å². The molecule has 0 radical (unpaired) electrons. The number of aromatic nitrogens is 1. The van der Waals surface area contributed by atoms with Crippen LogP contribution >= 0.6 is 15.9 Å². The van der Waals surface area contributed by atoms with Gasteiger partial charge in [0.1, 0.15) is 18.1 Å². The summed E-state index contributed by atoms with van der Waals surface area (Å²) < 4.78 is 12.3. The Labute approximate surface area is 179 Å². The van der Waals surface area contributed by atoms with E-state index in [1.54, 1.807) is 12.4 Å². The van der Waals surface area contributed by atoms with Gasteiger partial charge >= 0.3 is 0 Å². The molecule has 1 heterocycles. The van der Waals surface area contributed by atoms with E-state index in [0.29, 0.717) is 19.6 Å². The zero-order valence-corrected chi connectivity index (χ0v) is 17.8. The van der Waals surface area contributed by atoms with Crippen LogP contribution in [0.3, 0.4) is 0 Å². The van der Waals surface area contributed by atoms with E-state index >= 15 is 0 Å². The van der Waals surface area contributed by atoms with Crippen LogP contribution in [0.25, 0.3) is 0 Å². The molecule has 1 aromatic heterocycles. The Morgan fingerprint density at radius 1 is 1.07 bits per heavy atom. The number of nitrogens with zero attached hydrogens (tertiary/aromatic N) is 1. The maximum absolute atomic E-state index is 12.2. The van der Waals surface area contributed by atoms with E-state index in [2.05, 4.69) is 26.2 Å². The van der Waals surface area contributed by atoms with E-state index in [-0.39, 0.29) is 11.9 Å². The molecule has 150 valence electrons. The SMILES string of the molecule is CC(NC(=O)CCOc1cccc(Br)c1)c1ccc(OCc2cccnc2)cc1. The zero-order chi connectivity index (χ0) is 20.5. The number of carbonyl (C=O) groups is 1. The van der Waals surface area contributed by atoms with E-state index in [1.807, 2.05) is 67.6 Å². The molecule has 5 nitrogen and oxygen atoms in total. The Hall–Kier alpha value is -2.86. The van der Waals surface area contributed by atoms with Crippen LogP contribution in [-0.4, -0.2) is 17.5 Å². The Morgan fingerprint density at radius 2 is 1.90 bits per heavy atom. The van der Waals surface area contributed by atoms with E-state index < -0.39 is 0 Å². The lowest BCUT2D eigenvalue weighted by atomic mass is 10.1. The first kappa shape index (κ1) is 20.9. The maximum atomic E-state index is 12.2. The molecule has 0 aliphatic heterocycles. The monoisotopic (exact) mass is 454 g/mol. The normalized spacial score (nSPS) is 11.5. The highest BCUT2D eigenvalue weighted by molar-refractivity contribution is 9.10. The van der Waals surface area contributed by atoms with Crippen molar-refractivity contribution in [2.75, 3.05) is 6.61 Å². The highest BCUT2D eigenvalue weighted by Crippen LogP contribution is 2.19. The van der Waals surface area contributed by atoms with E-state index in [4.69, 9.17) is 9.47 Å². The van der Waals surface area contributed by atoms with Gasteiger partial charge in [0.2, 0.25) is 5.91 Å². The summed E-state index contributed by atoms with van der Waals surface area (Å²) in [7, 11) is 0. The quantitative estimate of drug-likeness (QED) is 0.490. The first-order valence-electron chi connectivity index (χ1n) is 9.39. The fourth-order valence-electron chi connectivity index (χ4n) is 2.72. The van der Waals surface area contributed by atoms with Crippen LogP contribution in [0.15, 0.2) is 77.5 Å². The smallest absolute Gasteiger partial charge is 0.223 e. The van der Waals surface area contributed by atoms with Gasteiger partial charge in [0.25, 0.3) is 0 Å². The summed E-state index contributed by atoms with van der Waals surface area (Å²) in [5.74, 6) is 1.46. The van der Waals surface area contributed by atoms with Crippen LogP contribution in [0.4, 0.5) is 0 Å². The minimum Gasteiger partial charge on any atom is -0.493 e. The number of benzene rings is 2. The number of hydrogen-bond donors (Lipinski definition) is 1. The fourth-order valence-corrected chi connectivity index (χ4v) is 3.10. The van der Waals surface area contributed by atoms with Gasteiger partial charge in [-0.15, -0.1) is 0 Å². The molecule has 3 rings (SSSR count). The second kappa shape index (κ2) is 10.6. The number of carbonyl (C=O) groups excluding carboxylic acids is 1. The van der Waals surface area contributed by atoms with Gasteiger partial charge in [-0.3, -0.25) is 9.78 Å². The summed E-state index contributed by atoms with van der Waals surface area (Å²) in [6, 6.07) is 19.1. The number of halogens is 1. The first-order chi connectivity index (χ1) is 14.1. The molecule has 1 N–H and O–H groups in total. The minimum absolute atomic E-state index is 0.0515. The fraction of sp³-hybridized carbons (Fsp3) is 0.217. The van der Waals surface area contributed by atoms with Crippen molar-refractivity contribution in [2.45, 2.75) is 26.0 Å². The Kier molecular flexibility index (Phi) is 7.64. The molecule has 0 saturated carbocycles. The van der Waals surface area contributed by atoms with Crippen molar-refractivity contribution in [3.8, 4) is 11.5 Å². The number of rotatable bonds is 9. The summed E-state index contributed by atoms with van der Waals surface area (Å²) in [6.45, 7) is 2.76. The van der Waals surface area contributed by atoms with Gasteiger partial charge in [-0.05, 0) is 48.9 Å². The lowest BCUT2D eigenvalue weighted by Crippen LogP contribution is -2.27. The van der Waals surface area contributed by atoms with Crippen molar-refractivity contribution in [1.29, 1.82) is 0 Å². The van der Waals surface area contributed by atoms with Crippen molar-refractivity contribution in [1.82, 2.24) is 10.3 Å². The number of amides is 1. The predicted octanol–water partition coefficient (Wildman–Crippen LogP) is 5.07. The zero-order valence-electron chi connectivity index (χ0n) is 16.2. The van der Waals surface area contributed by atoms with Crippen LogP contribution in [0.2, 0.25) is 0 Å². The molecule has 1 atom stereocenters. The molecule has 2 aromatic carbocycles. The summed E-state index contributed by atoms with van der Waals surface area (Å²) in [5.41, 5.74) is 2.03. The van der Waals surface area contributed by atoms with E-state index in [1.165, 1.54) is 0 Å². The summed E-state index contributed by atoms with van der Waals surface area (Å²) in [5, 5.41) is 2.99. The summed E-state index contributed by atoms with van der Waals surface area (Å²) >= 11 is 3.40. The molecule has 0 aliphatic rings. The van der Waals surface area contributed by atoms with Crippen molar-refractivity contribution in [3.63, 3.8) is 0 Å². The standard InChI is InChI=1S/C23H23BrN2O3/c1-17(26-23(27)11-13-28-22-6-2-5-20(24)14-22)19-7-9-21(10-8-19)29-16-18-4-3-12-25-15-18/h2-10,12,14-15,17H,11,13,16H2,1H3,(H,26,27). The number of ether oxygens (including phenoxy) is 2. The molecule has 6 heteroatoms. The van der Waals surface area contributed by atoms with Gasteiger partial charge in [0, 0.05) is 22.4 Å². The Balaban J connectivity index is 1.42. The van der Waals surface area contributed by atoms with Gasteiger partial charge in [-0.1, -0.05) is 40.2 Å². The van der Waals surface area contributed by atoms with Gasteiger partial charge in [0.15, 0.2) is 0 Å². The third kappa shape index (κ3) is 6.91. The molecular weight excluding hydrogens is 432 g/mol. The van der Waals surface area contributed by atoms with E-state index in [9.17, 15) is 4.79 Å². The molecule has 29 heavy (non-hydrogen) atoms. The van der Waals surface area contributed by atoms with Gasteiger partial charge < -0.3 is 14.8 Å².